The fourth-order valence-electron chi connectivity index (χ4n) is 5.57. The Morgan fingerprint density at radius 3 is 2.53 bits per heavy atom. The number of nitrogens with zero attached hydrogens (tertiary/aromatic N) is 7. The highest BCUT2D eigenvalue weighted by molar-refractivity contribution is 5.96. The van der Waals surface area contributed by atoms with Gasteiger partial charge in [-0.2, -0.15) is 5.10 Å². The van der Waals surface area contributed by atoms with Crippen molar-refractivity contribution in [2.45, 2.75) is 12.8 Å². The lowest BCUT2D eigenvalue weighted by Gasteiger charge is -2.15. The number of nitrogens with one attached hydrogen (secondary N) is 2. The first kappa shape index (κ1) is 28.8. The van der Waals surface area contributed by atoms with Crippen LogP contribution in [-0.4, -0.2) is 98.4 Å². The minimum absolute atomic E-state index is 0.381. The highest BCUT2D eigenvalue weighted by atomic mass is 19.1. The van der Waals surface area contributed by atoms with Gasteiger partial charge < -0.3 is 19.4 Å². The van der Waals surface area contributed by atoms with Crippen LogP contribution in [0, 0.1) is 5.82 Å². The summed E-state index contributed by atoms with van der Waals surface area (Å²) in [6.45, 7) is 4.86. The highest BCUT2D eigenvalue weighted by Crippen LogP contribution is 2.33. The van der Waals surface area contributed by atoms with Gasteiger partial charge in [-0.15, -0.1) is 0 Å². The van der Waals surface area contributed by atoms with Crippen molar-refractivity contribution in [3.05, 3.63) is 67.0 Å². The zero-order valence-electron chi connectivity index (χ0n) is 25.3. The molecule has 0 atom stereocenters. The van der Waals surface area contributed by atoms with Gasteiger partial charge in [-0.3, -0.25) is 20.0 Å². The Morgan fingerprint density at radius 2 is 1.67 bits per heavy atom. The van der Waals surface area contributed by atoms with Crippen molar-refractivity contribution >= 4 is 22.1 Å². The minimum Gasteiger partial charge on any atom is -0.492 e. The van der Waals surface area contributed by atoms with E-state index in [9.17, 15) is 4.39 Å². The zero-order chi connectivity index (χ0) is 30.8. The second kappa shape index (κ2) is 12.6. The van der Waals surface area contributed by atoms with Crippen molar-refractivity contribution in [3.8, 4) is 45.4 Å². The van der Waals surface area contributed by atoms with Gasteiger partial charge in [0.1, 0.15) is 36.0 Å². The number of likely N-dealkylation sites (N-methyl/N-ethyl adjacent to an activating group) is 1. The van der Waals surface area contributed by atoms with Crippen molar-refractivity contribution in [1.29, 1.82) is 0 Å². The van der Waals surface area contributed by atoms with Crippen molar-refractivity contribution in [3.63, 3.8) is 0 Å². The van der Waals surface area contributed by atoms with E-state index in [0.717, 1.165) is 43.0 Å². The molecule has 0 spiro atoms. The SMILES string of the molecule is CN(C)CCOc1cncc(-c2ccc3[nH]nc(-c4nc5c(-c6cc(F)cc(OCCN7CCCC7)c6)cncc5[nH]4)c3n2)c1. The predicted molar refractivity (Wildman–Crippen MR) is 171 cm³/mol. The lowest BCUT2D eigenvalue weighted by molar-refractivity contribution is 0.237. The van der Waals surface area contributed by atoms with E-state index in [2.05, 4.69) is 34.9 Å². The number of likely N-dealkylation sites (tertiary alicyclic amines) is 1. The van der Waals surface area contributed by atoms with Gasteiger partial charge in [0.25, 0.3) is 0 Å². The molecule has 6 aromatic rings. The molecular formula is C33H34FN9O2. The van der Waals surface area contributed by atoms with E-state index in [1.807, 2.05) is 38.4 Å². The van der Waals surface area contributed by atoms with Crippen molar-refractivity contribution in [2.75, 3.05) is 53.5 Å². The Bertz CT molecular complexity index is 1950. The van der Waals surface area contributed by atoms with Gasteiger partial charge in [-0.1, -0.05) is 0 Å². The Kier molecular flexibility index (Phi) is 8.05. The van der Waals surface area contributed by atoms with E-state index in [1.165, 1.54) is 25.0 Å². The lowest BCUT2D eigenvalue weighted by atomic mass is 10.1. The fraction of sp³-hybridized carbons (Fsp3) is 0.303. The molecule has 0 bridgehead atoms. The maximum atomic E-state index is 14.8. The molecule has 0 amide bonds. The standard InChI is InChI=1S/C33H34FN9O2/c1-42(2)9-11-45-25-15-22(17-35-18-25)27-5-6-28-31(37-27)32(41-40-28)33-38-29-20-36-19-26(30(29)39-33)21-13-23(34)16-24(14-21)44-12-10-43-7-3-4-8-43/h5-6,13-20H,3-4,7-12H2,1-2H3,(H,38,39)(H,40,41). The van der Waals surface area contributed by atoms with Crippen LogP contribution in [0.4, 0.5) is 4.39 Å². The van der Waals surface area contributed by atoms with E-state index >= 15 is 0 Å². The van der Waals surface area contributed by atoms with Crippen LogP contribution < -0.4 is 9.47 Å². The summed E-state index contributed by atoms with van der Waals surface area (Å²) in [4.78, 5) is 26.3. The van der Waals surface area contributed by atoms with E-state index in [4.69, 9.17) is 19.4 Å². The molecule has 230 valence electrons. The van der Waals surface area contributed by atoms with Gasteiger partial charge in [0.05, 0.1) is 34.6 Å². The number of rotatable bonds is 11. The molecule has 0 aliphatic carbocycles. The van der Waals surface area contributed by atoms with Crippen LogP contribution in [0.15, 0.2) is 61.2 Å². The number of hydrogen-bond donors (Lipinski definition) is 2. The van der Waals surface area contributed by atoms with Crippen molar-refractivity contribution in [2.24, 2.45) is 0 Å². The molecule has 5 aromatic heterocycles. The van der Waals surface area contributed by atoms with E-state index in [-0.39, 0.29) is 5.82 Å². The number of pyridine rings is 3. The summed E-state index contributed by atoms with van der Waals surface area (Å²) in [5.41, 5.74) is 6.19. The average molecular weight is 608 g/mol. The van der Waals surface area contributed by atoms with Gasteiger partial charge in [-0.05, 0) is 75.9 Å². The smallest absolute Gasteiger partial charge is 0.161 e. The Morgan fingerprint density at radius 1 is 0.844 bits per heavy atom. The molecule has 7 rings (SSSR count). The number of H-pyrrole nitrogens is 2. The maximum absolute atomic E-state index is 14.8. The molecular weight excluding hydrogens is 573 g/mol. The van der Waals surface area contributed by atoms with Crippen LogP contribution >= 0.6 is 0 Å². The van der Waals surface area contributed by atoms with Crippen LogP contribution in [0.25, 0.3) is 56.0 Å². The molecule has 6 heterocycles. The molecule has 11 nitrogen and oxygen atoms in total. The number of hydrogen-bond acceptors (Lipinski definition) is 9. The van der Waals surface area contributed by atoms with Crippen LogP contribution in [0.3, 0.4) is 0 Å². The van der Waals surface area contributed by atoms with Crippen molar-refractivity contribution < 1.29 is 13.9 Å². The van der Waals surface area contributed by atoms with Gasteiger partial charge in [0.15, 0.2) is 11.5 Å². The Labute approximate surface area is 259 Å². The predicted octanol–water partition coefficient (Wildman–Crippen LogP) is 5.18. The number of aromatic nitrogens is 7. The summed E-state index contributed by atoms with van der Waals surface area (Å²) in [6.07, 6.45) is 9.28. The third-order valence-corrected chi connectivity index (χ3v) is 7.90. The van der Waals surface area contributed by atoms with E-state index in [1.54, 1.807) is 24.8 Å². The first-order valence-electron chi connectivity index (χ1n) is 15.1. The zero-order valence-corrected chi connectivity index (χ0v) is 25.3. The summed E-state index contributed by atoms with van der Waals surface area (Å²) in [6, 6.07) is 10.5. The molecule has 1 aromatic carbocycles. The number of benzene rings is 1. The Hall–Kier alpha value is -4.94. The van der Waals surface area contributed by atoms with E-state index in [0.29, 0.717) is 63.9 Å². The van der Waals surface area contributed by atoms with Crippen LogP contribution in [0.5, 0.6) is 11.5 Å². The summed E-state index contributed by atoms with van der Waals surface area (Å²) in [5, 5.41) is 7.59. The average Bonchev–Trinajstić information content (AvgIpc) is 3.80. The minimum atomic E-state index is -0.381. The summed E-state index contributed by atoms with van der Waals surface area (Å²) < 4.78 is 26.6. The van der Waals surface area contributed by atoms with Crippen LogP contribution in [0.2, 0.25) is 0 Å². The topological polar surface area (TPSA) is 121 Å². The molecule has 12 heteroatoms. The maximum Gasteiger partial charge on any atom is 0.161 e. The van der Waals surface area contributed by atoms with Gasteiger partial charge in [0.2, 0.25) is 0 Å². The quantitative estimate of drug-likeness (QED) is 0.205. The molecule has 45 heavy (non-hydrogen) atoms. The number of fused-ring (bicyclic) bond motifs is 2. The van der Waals surface area contributed by atoms with Crippen molar-refractivity contribution in [1.82, 2.24) is 44.9 Å². The molecule has 1 aliphatic heterocycles. The molecule has 0 unspecified atom stereocenters. The second-order valence-corrected chi connectivity index (χ2v) is 11.5. The molecule has 1 fully saturated rings. The molecule has 1 aliphatic rings. The number of ether oxygens (including phenoxy) is 2. The third-order valence-electron chi connectivity index (χ3n) is 7.90. The molecule has 2 N–H and O–H groups in total. The Balaban J connectivity index is 1.18. The molecule has 1 saturated heterocycles. The van der Waals surface area contributed by atoms with Gasteiger partial charge >= 0.3 is 0 Å². The largest absolute Gasteiger partial charge is 0.492 e. The fourth-order valence-corrected chi connectivity index (χ4v) is 5.57. The first-order valence-corrected chi connectivity index (χ1v) is 15.1. The third kappa shape index (κ3) is 6.33. The summed E-state index contributed by atoms with van der Waals surface area (Å²) in [7, 11) is 4.01. The first-order chi connectivity index (χ1) is 22.0. The second-order valence-electron chi connectivity index (χ2n) is 11.5. The lowest BCUT2D eigenvalue weighted by Crippen LogP contribution is -2.25. The summed E-state index contributed by atoms with van der Waals surface area (Å²) >= 11 is 0. The van der Waals surface area contributed by atoms with Gasteiger partial charge in [-0.25, -0.2) is 14.4 Å². The van der Waals surface area contributed by atoms with Crippen LogP contribution in [0.1, 0.15) is 12.8 Å². The number of imidazole rings is 1. The molecule has 0 radical (unpaired) electrons. The van der Waals surface area contributed by atoms with Gasteiger partial charge in [0, 0.05) is 42.7 Å². The monoisotopic (exact) mass is 607 g/mol. The van der Waals surface area contributed by atoms with E-state index < -0.39 is 0 Å². The number of halogens is 1. The molecule has 0 saturated carbocycles. The number of aromatic amines is 2. The summed E-state index contributed by atoms with van der Waals surface area (Å²) in [5.74, 6) is 1.30. The normalized spacial score (nSPS) is 13.8. The highest BCUT2D eigenvalue weighted by Gasteiger charge is 2.18. The van der Waals surface area contributed by atoms with Crippen LogP contribution in [-0.2, 0) is 0 Å².